The lowest BCUT2D eigenvalue weighted by Crippen LogP contribution is -2.35. The summed E-state index contributed by atoms with van der Waals surface area (Å²) in [6.45, 7) is 1.13. The first-order valence-electron chi connectivity index (χ1n) is 4.15. The summed E-state index contributed by atoms with van der Waals surface area (Å²) in [5.41, 5.74) is 15.4. The van der Waals surface area contributed by atoms with E-state index in [1.165, 1.54) is 0 Å². The molecule has 0 atom stereocenters. The zero-order valence-electron chi connectivity index (χ0n) is 7.51. The molecular weight excluding hydrogens is 172 g/mol. The van der Waals surface area contributed by atoms with E-state index in [1.807, 2.05) is 0 Å². The highest BCUT2D eigenvalue weighted by Gasteiger charge is 1.94. The van der Waals surface area contributed by atoms with Crippen molar-refractivity contribution in [2.75, 3.05) is 13.1 Å². The van der Waals surface area contributed by atoms with Crippen LogP contribution in [0.1, 0.15) is 19.3 Å². The smallest absolute Gasteiger partial charge is 0.218 e. The Morgan fingerprint density at radius 1 is 0.923 bits per heavy atom. The minimum absolute atomic E-state index is 0.294. The number of hydrogen-bond donors (Lipinski definition) is 4. The molecular formula is C7H16N4O2. The van der Waals surface area contributed by atoms with Gasteiger partial charge in [-0.25, -0.2) is 0 Å². The normalized spacial score (nSPS) is 9.85. The van der Waals surface area contributed by atoms with E-state index in [9.17, 15) is 9.59 Å². The summed E-state index contributed by atoms with van der Waals surface area (Å²) >= 11 is 0. The van der Waals surface area contributed by atoms with Crippen LogP contribution in [0.4, 0.5) is 0 Å². The maximum absolute atomic E-state index is 10.3. The third-order valence-electron chi connectivity index (χ3n) is 1.35. The number of hydrazine groups is 1. The molecule has 0 saturated carbocycles. The minimum Gasteiger partial charge on any atom is -0.370 e. The van der Waals surface area contributed by atoms with Crippen molar-refractivity contribution in [2.45, 2.75) is 19.3 Å². The fourth-order valence-electron chi connectivity index (χ4n) is 0.713. The van der Waals surface area contributed by atoms with Crippen LogP contribution in [0, 0.1) is 0 Å². The Morgan fingerprint density at radius 3 is 2.00 bits per heavy atom. The third kappa shape index (κ3) is 10.9. The number of hydrogen-bond acceptors (Lipinski definition) is 4. The fraction of sp³-hybridized carbons (Fsp3) is 0.714. The maximum atomic E-state index is 10.3. The van der Waals surface area contributed by atoms with Crippen LogP contribution in [-0.4, -0.2) is 24.9 Å². The molecule has 0 aliphatic heterocycles. The van der Waals surface area contributed by atoms with Gasteiger partial charge in [0.25, 0.3) is 0 Å². The zero-order valence-corrected chi connectivity index (χ0v) is 7.51. The molecule has 0 aromatic rings. The van der Waals surface area contributed by atoms with E-state index < -0.39 is 0 Å². The average Bonchev–Trinajstić information content (AvgIpc) is 2.01. The molecule has 2 amide bonds. The Kier molecular flexibility index (Phi) is 6.85. The monoisotopic (exact) mass is 188 g/mol. The number of rotatable bonds is 8. The Morgan fingerprint density at radius 2 is 1.46 bits per heavy atom. The first-order valence-corrected chi connectivity index (χ1v) is 4.15. The molecule has 0 bridgehead atoms. The number of carbonyl (C=O) groups excluding carboxylic acids is 2. The fourth-order valence-corrected chi connectivity index (χ4v) is 0.713. The molecule has 0 spiro atoms. The molecule has 0 rings (SSSR count). The lowest BCUT2D eigenvalue weighted by molar-refractivity contribution is -0.118. The van der Waals surface area contributed by atoms with E-state index in [0.717, 1.165) is 0 Å². The van der Waals surface area contributed by atoms with Gasteiger partial charge in [-0.3, -0.25) is 20.4 Å². The molecule has 0 fully saturated rings. The predicted octanol–water partition coefficient (Wildman–Crippen LogP) is -1.78. The second kappa shape index (κ2) is 7.51. The molecule has 76 valence electrons. The number of carbonyl (C=O) groups is 2. The quantitative estimate of drug-likeness (QED) is 0.266. The second-order valence-electron chi connectivity index (χ2n) is 2.64. The highest BCUT2D eigenvalue weighted by molar-refractivity contribution is 5.74. The maximum Gasteiger partial charge on any atom is 0.218 e. The van der Waals surface area contributed by atoms with Crippen LogP contribution < -0.4 is 22.3 Å². The standard InChI is InChI=1S/C7H16N4O2/c8-6(12)2-1-4-10-11-5-3-7(9)13/h10-11H,1-5H2,(H2,8,12)(H2,9,13). The largest absolute Gasteiger partial charge is 0.370 e. The SMILES string of the molecule is NC(=O)CCCNNCCC(N)=O. The Balaban J connectivity index is 3.00. The van der Waals surface area contributed by atoms with E-state index in [2.05, 4.69) is 10.9 Å². The molecule has 0 aliphatic rings. The molecule has 6 N–H and O–H groups in total. The van der Waals surface area contributed by atoms with Crippen LogP contribution in [0.15, 0.2) is 0 Å². The number of amides is 2. The highest BCUT2D eigenvalue weighted by atomic mass is 16.1. The van der Waals surface area contributed by atoms with E-state index in [4.69, 9.17) is 11.5 Å². The lowest BCUT2D eigenvalue weighted by Gasteiger charge is -2.04. The van der Waals surface area contributed by atoms with Crippen LogP contribution in [0.25, 0.3) is 0 Å². The molecule has 0 unspecified atom stereocenters. The number of nitrogens with two attached hydrogens (primary N) is 2. The van der Waals surface area contributed by atoms with Crippen molar-refractivity contribution in [1.29, 1.82) is 0 Å². The highest BCUT2D eigenvalue weighted by Crippen LogP contribution is 1.82. The van der Waals surface area contributed by atoms with Crippen LogP contribution in [0.5, 0.6) is 0 Å². The summed E-state index contributed by atoms with van der Waals surface area (Å²) in [4.78, 5) is 20.6. The van der Waals surface area contributed by atoms with Gasteiger partial charge in [-0.15, -0.1) is 0 Å². The number of primary amides is 2. The number of nitrogens with one attached hydrogen (secondary N) is 2. The van der Waals surface area contributed by atoms with Gasteiger partial charge in [0, 0.05) is 25.9 Å². The van der Waals surface area contributed by atoms with Crippen LogP contribution in [0.3, 0.4) is 0 Å². The predicted molar refractivity (Wildman–Crippen MR) is 48.2 cm³/mol. The minimum atomic E-state index is -0.341. The second-order valence-corrected chi connectivity index (χ2v) is 2.64. The van der Waals surface area contributed by atoms with Gasteiger partial charge in [0.2, 0.25) is 11.8 Å². The summed E-state index contributed by atoms with van der Waals surface area (Å²) in [6.07, 6.45) is 1.34. The van der Waals surface area contributed by atoms with Crippen LogP contribution in [-0.2, 0) is 9.59 Å². The summed E-state index contributed by atoms with van der Waals surface area (Å²) < 4.78 is 0. The summed E-state index contributed by atoms with van der Waals surface area (Å²) in [7, 11) is 0. The van der Waals surface area contributed by atoms with Gasteiger partial charge in [0.05, 0.1) is 0 Å². The molecule has 0 aromatic heterocycles. The van der Waals surface area contributed by atoms with Crippen molar-refractivity contribution in [3.8, 4) is 0 Å². The summed E-state index contributed by atoms with van der Waals surface area (Å²) in [5.74, 6) is -0.648. The first kappa shape index (κ1) is 11.9. The van der Waals surface area contributed by atoms with Gasteiger partial charge in [-0.05, 0) is 6.42 Å². The summed E-state index contributed by atoms with van der Waals surface area (Å²) in [6, 6.07) is 0. The van der Waals surface area contributed by atoms with Crippen LogP contribution >= 0.6 is 0 Å². The Bertz CT molecular complexity index is 154. The van der Waals surface area contributed by atoms with Gasteiger partial charge in [-0.2, -0.15) is 0 Å². The molecule has 13 heavy (non-hydrogen) atoms. The van der Waals surface area contributed by atoms with Crippen molar-refractivity contribution in [3.63, 3.8) is 0 Å². The van der Waals surface area contributed by atoms with Crippen molar-refractivity contribution in [3.05, 3.63) is 0 Å². The van der Waals surface area contributed by atoms with Crippen molar-refractivity contribution >= 4 is 11.8 Å². The molecule has 0 radical (unpaired) electrons. The molecule has 0 aliphatic carbocycles. The van der Waals surface area contributed by atoms with Gasteiger partial charge in [0.1, 0.15) is 0 Å². The lowest BCUT2D eigenvalue weighted by atomic mass is 10.3. The van der Waals surface area contributed by atoms with Crippen LogP contribution in [0.2, 0.25) is 0 Å². The average molecular weight is 188 g/mol. The van der Waals surface area contributed by atoms with Crippen molar-refractivity contribution in [1.82, 2.24) is 10.9 Å². The van der Waals surface area contributed by atoms with E-state index in [1.54, 1.807) is 0 Å². The molecule has 6 nitrogen and oxygen atoms in total. The molecule has 0 aromatic carbocycles. The van der Waals surface area contributed by atoms with Gasteiger partial charge < -0.3 is 11.5 Å². The zero-order chi connectivity index (χ0) is 10.1. The Hall–Kier alpha value is -1.14. The third-order valence-corrected chi connectivity index (χ3v) is 1.35. The molecule has 0 saturated heterocycles. The van der Waals surface area contributed by atoms with E-state index in [0.29, 0.717) is 32.4 Å². The van der Waals surface area contributed by atoms with E-state index >= 15 is 0 Å². The molecule has 0 heterocycles. The van der Waals surface area contributed by atoms with Gasteiger partial charge >= 0.3 is 0 Å². The topological polar surface area (TPSA) is 110 Å². The Labute approximate surface area is 77.0 Å². The van der Waals surface area contributed by atoms with Crippen molar-refractivity contribution < 1.29 is 9.59 Å². The summed E-state index contributed by atoms with van der Waals surface area (Å²) in [5, 5.41) is 0. The first-order chi connectivity index (χ1) is 6.13. The van der Waals surface area contributed by atoms with Gasteiger partial charge in [-0.1, -0.05) is 0 Å². The van der Waals surface area contributed by atoms with E-state index in [-0.39, 0.29) is 11.8 Å². The molecule has 6 heteroatoms. The van der Waals surface area contributed by atoms with Gasteiger partial charge in [0.15, 0.2) is 0 Å². The van der Waals surface area contributed by atoms with Crippen molar-refractivity contribution in [2.24, 2.45) is 11.5 Å².